The number of aromatic nitrogens is 4. The van der Waals surface area contributed by atoms with Crippen LogP contribution in [0.4, 0.5) is 0 Å². The van der Waals surface area contributed by atoms with Crippen LogP contribution in [0.2, 0.25) is 0 Å². The maximum absolute atomic E-state index is 5.14. The molecule has 5 rings (SSSR count). The Kier molecular flexibility index (Phi) is 4.13. The smallest absolute Gasteiger partial charge is 0.212 e. The molecule has 1 aliphatic rings. The van der Waals surface area contributed by atoms with Crippen molar-refractivity contribution in [1.29, 1.82) is 0 Å². The predicted molar refractivity (Wildman–Crippen MR) is 110 cm³/mol. The summed E-state index contributed by atoms with van der Waals surface area (Å²) >= 11 is 0. The van der Waals surface area contributed by atoms with Gasteiger partial charge in [-0.3, -0.25) is 9.38 Å². The number of ether oxygens (including phenoxy) is 1. The van der Waals surface area contributed by atoms with E-state index in [1.807, 2.05) is 36.8 Å². The van der Waals surface area contributed by atoms with Crippen molar-refractivity contribution in [3.05, 3.63) is 73.0 Å². The number of pyridine rings is 3. The number of hydrogen-bond donors (Lipinski definition) is 0. The first-order chi connectivity index (χ1) is 13.8. The molecule has 138 valence electrons. The van der Waals surface area contributed by atoms with Gasteiger partial charge in [0.1, 0.15) is 5.65 Å². The molecule has 4 heterocycles. The van der Waals surface area contributed by atoms with Gasteiger partial charge < -0.3 is 4.74 Å². The van der Waals surface area contributed by atoms with Crippen LogP contribution in [0.5, 0.6) is 5.88 Å². The minimum Gasteiger partial charge on any atom is -0.481 e. The summed E-state index contributed by atoms with van der Waals surface area (Å²) < 4.78 is 7.25. The fourth-order valence-electron chi connectivity index (χ4n) is 3.71. The highest BCUT2D eigenvalue weighted by molar-refractivity contribution is 5.73. The molecule has 28 heavy (non-hydrogen) atoms. The molecular formula is C23H20N4O. The number of nitrogens with zero attached hydrogens (tertiary/aromatic N) is 4. The molecule has 5 heteroatoms. The quantitative estimate of drug-likeness (QED) is 0.507. The van der Waals surface area contributed by atoms with E-state index < -0.39 is 0 Å². The van der Waals surface area contributed by atoms with E-state index in [2.05, 4.69) is 49.8 Å². The van der Waals surface area contributed by atoms with Gasteiger partial charge in [-0.05, 0) is 60.7 Å². The van der Waals surface area contributed by atoms with E-state index in [4.69, 9.17) is 4.74 Å². The molecule has 4 aromatic rings. The van der Waals surface area contributed by atoms with Crippen LogP contribution in [0.25, 0.3) is 33.6 Å². The zero-order valence-corrected chi connectivity index (χ0v) is 15.7. The molecule has 0 fully saturated rings. The molecule has 0 amide bonds. The van der Waals surface area contributed by atoms with Gasteiger partial charge in [0.15, 0.2) is 0 Å². The number of fused-ring (bicyclic) bond motifs is 1. The zero-order valence-electron chi connectivity index (χ0n) is 15.7. The summed E-state index contributed by atoms with van der Waals surface area (Å²) in [5, 5.41) is 0. The summed E-state index contributed by atoms with van der Waals surface area (Å²) in [5.74, 6) is 0.610. The molecule has 0 saturated heterocycles. The number of imidazole rings is 1. The third-order valence-electron chi connectivity index (χ3n) is 5.22. The van der Waals surface area contributed by atoms with E-state index in [0.29, 0.717) is 5.88 Å². The highest BCUT2D eigenvalue weighted by Gasteiger charge is 2.12. The summed E-state index contributed by atoms with van der Waals surface area (Å²) in [7, 11) is 1.62. The van der Waals surface area contributed by atoms with Crippen molar-refractivity contribution in [3.63, 3.8) is 0 Å². The predicted octanol–water partition coefficient (Wildman–Crippen LogP) is 5.03. The Balaban J connectivity index is 1.52. The Labute approximate surface area is 163 Å². The van der Waals surface area contributed by atoms with Crippen molar-refractivity contribution < 1.29 is 4.74 Å². The van der Waals surface area contributed by atoms with E-state index >= 15 is 0 Å². The van der Waals surface area contributed by atoms with Gasteiger partial charge in [-0.25, -0.2) is 9.97 Å². The topological polar surface area (TPSA) is 52.3 Å². The normalized spacial score (nSPS) is 13.7. The molecule has 1 aliphatic carbocycles. The van der Waals surface area contributed by atoms with Crippen LogP contribution in [0, 0.1) is 0 Å². The Morgan fingerprint density at radius 3 is 2.68 bits per heavy atom. The first-order valence-electron chi connectivity index (χ1n) is 9.45. The first-order valence-corrected chi connectivity index (χ1v) is 9.45. The van der Waals surface area contributed by atoms with Gasteiger partial charge in [-0.2, -0.15) is 0 Å². The fraction of sp³-hybridized carbons (Fsp3) is 0.174. The molecule has 0 radical (unpaired) electrons. The molecule has 4 aromatic heterocycles. The molecule has 0 bridgehead atoms. The molecule has 0 saturated carbocycles. The summed E-state index contributed by atoms with van der Waals surface area (Å²) in [5.41, 5.74) is 7.64. The third-order valence-corrected chi connectivity index (χ3v) is 5.22. The van der Waals surface area contributed by atoms with Crippen LogP contribution in [0.3, 0.4) is 0 Å². The molecule has 0 atom stereocenters. The molecule has 0 aromatic carbocycles. The lowest BCUT2D eigenvalue weighted by molar-refractivity contribution is 0.398. The Morgan fingerprint density at radius 2 is 1.89 bits per heavy atom. The van der Waals surface area contributed by atoms with Crippen LogP contribution >= 0.6 is 0 Å². The van der Waals surface area contributed by atoms with E-state index in [-0.39, 0.29) is 0 Å². The largest absolute Gasteiger partial charge is 0.481 e. The van der Waals surface area contributed by atoms with Crippen LogP contribution < -0.4 is 4.74 Å². The summed E-state index contributed by atoms with van der Waals surface area (Å²) in [6.45, 7) is 0. The van der Waals surface area contributed by atoms with Crippen LogP contribution in [0.1, 0.15) is 25.0 Å². The number of hydrogen-bond acceptors (Lipinski definition) is 4. The van der Waals surface area contributed by atoms with E-state index in [9.17, 15) is 0 Å². The molecule has 5 nitrogen and oxygen atoms in total. The van der Waals surface area contributed by atoms with Gasteiger partial charge in [0.25, 0.3) is 0 Å². The van der Waals surface area contributed by atoms with Gasteiger partial charge >= 0.3 is 0 Å². The lowest BCUT2D eigenvalue weighted by Crippen LogP contribution is -1.92. The lowest BCUT2D eigenvalue weighted by atomic mass is 10.1. The minimum absolute atomic E-state index is 0.610. The summed E-state index contributed by atoms with van der Waals surface area (Å²) in [6.07, 6.45) is 13.5. The van der Waals surface area contributed by atoms with E-state index in [0.717, 1.165) is 46.6 Å². The maximum atomic E-state index is 5.14. The number of allylic oxidation sites excluding steroid dienone is 2. The number of methoxy groups -OCH3 is 1. The average Bonchev–Trinajstić information content (AvgIpc) is 3.43. The van der Waals surface area contributed by atoms with Crippen molar-refractivity contribution >= 4 is 11.2 Å². The second-order valence-electron chi connectivity index (χ2n) is 6.93. The van der Waals surface area contributed by atoms with Crippen molar-refractivity contribution in [1.82, 2.24) is 19.4 Å². The highest BCUT2D eigenvalue weighted by atomic mass is 16.5. The molecule has 0 aliphatic heterocycles. The third kappa shape index (κ3) is 2.95. The fourth-order valence-corrected chi connectivity index (χ4v) is 3.71. The first kappa shape index (κ1) is 16.7. The monoisotopic (exact) mass is 368 g/mol. The van der Waals surface area contributed by atoms with Crippen molar-refractivity contribution in [2.24, 2.45) is 0 Å². The average molecular weight is 368 g/mol. The number of rotatable bonds is 4. The second-order valence-corrected chi connectivity index (χ2v) is 6.93. The van der Waals surface area contributed by atoms with Gasteiger partial charge in [0.2, 0.25) is 5.88 Å². The maximum Gasteiger partial charge on any atom is 0.212 e. The van der Waals surface area contributed by atoms with Gasteiger partial charge in [0, 0.05) is 35.8 Å². The standard InChI is InChI=1S/C23H20N4O/c1-28-23-7-6-19(14-26-23)17-9-11-27-21(15-25-22(27)13-17)18-8-10-24-20(12-18)16-4-2-3-5-16/h4,6-15H,2-3,5H2,1H3. The molecule has 0 unspecified atom stereocenters. The molecule has 0 N–H and O–H groups in total. The Morgan fingerprint density at radius 1 is 0.929 bits per heavy atom. The zero-order chi connectivity index (χ0) is 18.9. The van der Waals surface area contributed by atoms with E-state index in [1.54, 1.807) is 7.11 Å². The van der Waals surface area contributed by atoms with Gasteiger partial charge in [0.05, 0.1) is 24.7 Å². The summed E-state index contributed by atoms with van der Waals surface area (Å²) in [6, 6.07) is 12.3. The molecule has 0 spiro atoms. The van der Waals surface area contributed by atoms with Crippen molar-refractivity contribution in [2.45, 2.75) is 19.3 Å². The van der Waals surface area contributed by atoms with Gasteiger partial charge in [-0.1, -0.05) is 6.08 Å². The lowest BCUT2D eigenvalue weighted by Gasteiger charge is -2.07. The SMILES string of the molecule is COc1ccc(-c2ccn3c(-c4ccnc(C5=CCCC5)c4)cnc3c2)cn1. The van der Waals surface area contributed by atoms with Crippen LogP contribution in [-0.2, 0) is 0 Å². The molecular weight excluding hydrogens is 348 g/mol. The van der Waals surface area contributed by atoms with Crippen molar-refractivity contribution in [2.75, 3.05) is 7.11 Å². The van der Waals surface area contributed by atoms with E-state index in [1.165, 1.54) is 12.0 Å². The van der Waals surface area contributed by atoms with Crippen molar-refractivity contribution in [3.8, 4) is 28.3 Å². The van der Waals surface area contributed by atoms with Crippen LogP contribution in [-0.4, -0.2) is 26.5 Å². The highest BCUT2D eigenvalue weighted by Crippen LogP contribution is 2.30. The van der Waals surface area contributed by atoms with Crippen LogP contribution in [0.15, 0.2) is 67.3 Å². The van der Waals surface area contributed by atoms with Gasteiger partial charge in [-0.15, -0.1) is 0 Å². The summed E-state index contributed by atoms with van der Waals surface area (Å²) in [4.78, 5) is 13.5. The Bertz CT molecular complexity index is 1170. The second kappa shape index (κ2) is 6.93. The Hall–Kier alpha value is -3.47. The minimum atomic E-state index is 0.610.